The number of rotatable bonds is 5. The lowest BCUT2D eigenvalue weighted by Gasteiger charge is -2.20. The van der Waals surface area contributed by atoms with Gasteiger partial charge in [0.25, 0.3) is 5.91 Å². The van der Waals surface area contributed by atoms with Gasteiger partial charge < -0.3 is 14.7 Å². The lowest BCUT2D eigenvalue weighted by atomic mass is 10.1. The number of carbonyl (C=O) groups excluding carboxylic acids is 2. The van der Waals surface area contributed by atoms with Crippen LogP contribution in [0.2, 0.25) is 0 Å². The van der Waals surface area contributed by atoms with Crippen LogP contribution in [0, 0.1) is 0 Å². The van der Waals surface area contributed by atoms with Crippen molar-refractivity contribution in [1.29, 1.82) is 0 Å². The van der Waals surface area contributed by atoms with Gasteiger partial charge in [0.1, 0.15) is 5.75 Å². The minimum atomic E-state index is -0.706. The molecule has 0 saturated carbocycles. The summed E-state index contributed by atoms with van der Waals surface area (Å²) in [4.78, 5) is 28.8. The smallest absolute Gasteiger partial charge is 0.301 e. The van der Waals surface area contributed by atoms with Gasteiger partial charge in [0.15, 0.2) is 5.76 Å². The van der Waals surface area contributed by atoms with Crippen molar-refractivity contribution in [3.8, 4) is 5.75 Å². The standard InChI is InChI=1S/C22H22N2O4/c1-2-28-18-11-5-15(6-12-18)19-20(25)22(27)24(21(19)26)17-9-7-16(8-10-17)23-13-3-4-14-23/h5-12,25H,2-4,13-14H2,1H3. The Balaban J connectivity index is 1.59. The fourth-order valence-electron chi connectivity index (χ4n) is 3.69. The number of anilines is 2. The molecule has 0 atom stereocenters. The van der Waals surface area contributed by atoms with Gasteiger partial charge in [-0.2, -0.15) is 0 Å². The van der Waals surface area contributed by atoms with E-state index in [1.165, 1.54) is 12.8 Å². The predicted octanol–water partition coefficient (Wildman–Crippen LogP) is 3.53. The van der Waals surface area contributed by atoms with Crippen molar-refractivity contribution < 1.29 is 19.4 Å². The first kappa shape index (κ1) is 18.1. The summed E-state index contributed by atoms with van der Waals surface area (Å²) < 4.78 is 5.40. The van der Waals surface area contributed by atoms with E-state index < -0.39 is 17.6 Å². The summed E-state index contributed by atoms with van der Waals surface area (Å²) in [7, 11) is 0. The lowest BCUT2D eigenvalue weighted by molar-refractivity contribution is -0.121. The van der Waals surface area contributed by atoms with E-state index in [1.807, 2.05) is 19.1 Å². The third-order valence-electron chi connectivity index (χ3n) is 5.09. The molecule has 2 heterocycles. The average molecular weight is 378 g/mol. The molecule has 0 aromatic heterocycles. The number of benzene rings is 2. The van der Waals surface area contributed by atoms with Crippen LogP contribution in [-0.4, -0.2) is 36.6 Å². The first-order chi connectivity index (χ1) is 13.6. The maximum Gasteiger partial charge on any atom is 0.301 e. The zero-order valence-electron chi connectivity index (χ0n) is 15.7. The summed E-state index contributed by atoms with van der Waals surface area (Å²) in [6.45, 7) is 4.45. The Morgan fingerprint density at radius 1 is 0.893 bits per heavy atom. The van der Waals surface area contributed by atoms with E-state index in [0.717, 1.165) is 23.7 Å². The number of hydrogen-bond acceptors (Lipinski definition) is 5. The Bertz CT molecular complexity index is 926. The predicted molar refractivity (Wildman–Crippen MR) is 108 cm³/mol. The van der Waals surface area contributed by atoms with Crippen molar-refractivity contribution in [2.75, 3.05) is 29.5 Å². The van der Waals surface area contributed by atoms with Gasteiger partial charge in [-0.15, -0.1) is 0 Å². The second kappa shape index (κ2) is 7.38. The van der Waals surface area contributed by atoms with Crippen LogP contribution in [0.3, 0.4) is 0 Å². The number of aliphatic hydroxyl groups excluding tert-OH is 1. The van der Waals surface area contributed by atoms with Crippen molar-refractivity contribution >= 4 is 28.8 Å². The first-order valence-corrected chi connectivity index (χ1v) is 9.50. The molecular formula is C22H22N2O4. The second-order valence-corrected chi connectivity index (χ2v) is 6.84. The van der Waals surface area contributed by atoms with Gasteiger partial charge in [0.2, 0.25) is 0 Å². The summed E-state index contributed by atoms with van der Waals surface area (Å²) in [5.74, 6) is -1.10. The SMILES string of the molecule is CCOc1ccc(C2=C(O)C(=O)N(c3ccc(N4CCCC4)cc3)C2=O)cc1. The van der Waals surface area contributed by atoms with Crippen LogP contribution in [0.4, 0.5) is 11.4 Å². The van der Waals surface area contributed by atoms with E-state index in [0.29, 0.717) is 23.6 Å². The fourth-order valence-corrected chi connectivity index (χ4v) is 3.69. The maximum absolute atomic E-state index is 12.9. The van der Waals surface area contributed by atoms with E-state index in [2.05, 4.69) is 4.90 Å². The summed E-state index contributed by atoms with van der Waals surface area (Å²) >= 11 is 0. The minimum absolute atomic E-state index is 0.0108. The molecule has 0 spiro atoms. The molecule has 0 aliphatic carbocycles. The fraction of sp³-hybridized carbons (Fsp3) is 0.273. The quantitative estimate of drug-likeness (QED) is 0.806. The highest BCUT2D eigenvalue weighted by Crippen LogP contribution is 2.33. The van der Waals surface area contributed by atoms with Gasteiger partial charge in [0.05, 0.1) is 17.9 Å². The normalized spacial score (nSPS) is 17.0. The van der Waals surface area contributed by atoms with Crippen molar-refractivity contribution in [3.05, 3.63) is 59.9 Å². The van der Waals surface area contributed by atoms with Gasteiger partial charge >= 0.3 is 5.91 Å². The van der Waals surface area contributed by atoms with Crippen molar-refractivity contribution in [2.45, 2.75) is 19.8 Å². The summed E-state index contributed by atoms with van der Waals surface area (Å²) in [5, 5.41) is 10.3. The highest BCUT2D eigenvalue weighted by Gasteiger charge is 2.40. The van der Waals surface area contributed by atoms with Crippen LogP contribution in [0.1, 0.15) is 25.3 Å². The molecule has 1 saturated heterocycles. The van der Waals surface area contributed by atoms with Gasteiger partial charge in [-0.05, 0) is 61.7 Å². The van der Waals surface area contributed by atoms with Gasteiger partial charge in [-0.3, -0.25) is 9.59 Å². The Morgan fingerprint density at radius 3 is 2.11 bits per heavy atom. The lowest BCUT2D eigenvalue weighted by Crippen LogP contribution is -2.31. The summed E-state index contributed by atoms with van der Waals surface area (Å²) in [5.41, 5.74) is 2.02. The third kappa shape index (κ3) is 3.11. The Morgan fingerprint density at radius 2 is 1.50 bits per heavy atom. The molecule has 0 radical (unpaired) electrons. The number of ether oxygens (including phenoxy) is 1. The van der Waals surface area contributed by atoms with Crippen LogP contribution in [0.15, 0.2) is 54.3 Å². The van der Waals surface area contributed by atoms with E-state index in [4.69, 9.17) is 4.74 Å². The zero-order valence-corrected chi connectivity index (χ0v) is 15.7. The molecule has 0 bridgehead atoms. The molecule has 2 aromatic rings. The Labute approximate surface area is 163 Å². The van der Waals surface area contributed by atoms with Crippen molar-refractivity contribution in [1.82, 2.24) is 0 Å². The number of amides is 2. The summed E-state index contributed by atoms with van der Waals surface area (Å²) in [6.07, 6.45) is 2.35. The van der Waals surface area contributed by atoms with E-state index in [-0.39, 0.29) is 5.57 Å². The minimum Gasteiger partial charge on any atom is -0.502 e. The van der Waals surface area contributed by atoms with E-state index >= 15 is 0 Å². The number of hydrogen-bond donors (Lipinski definition) is 1. The van der Waals surface area contributed by atoms with E-state index in [1.54, 1.807) is 36.4 Å². The topological polar surface area (TPSA) is 70.1 Å². The Hall–Kier alpha value is -3.28. The van der Waals surface area contributed by atoms with Gasteiger partial charge in [0, 0.05) is 18.8 Å². The molecular weight excluding hydrogens is 356 g/mol. The number of nitrogens with zero attached hydrogens (tertiary/aromatic N) is 2. The monoisotopic (exact) mass is 378 g/mol. The number of aliphatic hydroxyl groups is 1. The van der Waals surface area contributed by atoms with Crippen LogP contribution in [0.5, 0.6) is 5.75 Å². The zero-order chi connectivity index (χ0) is 19.7. The molecule has 2 aromatic carbocycles. The average Bonchev–Trinajstić information content (AvgIpc) is 3.31. The largest absolute Gasteiger partial charge is 0.502 e. The van der Waals surface area contributed by atoms with Gasteiger partial charge in [-0.1, -0.05) is 12.1 Å². The van der Waals surface area contributed by atoms with E-state index in [9.17, 15) is 14.7 Å². The molecule has 28 heavy (non-hydrogen) atoms. The van der Waals surface area contributed by atoms with Crippen LogP contribution in [-0.2, 0) is 9.59 Å². The van der Waals surface area contributed by atoms with Crippen LogP contribution < -0.4 is 14.5 Å². The molecule has 0 unspecified atom stereocenters. The van der Waals surface area contributed by atoms with Crippen LogP contribution in [0.25, 0.3) is 5.57 Å². The highest BCUT2D eigenvalue weighted by molar-refractivity contribution is 6.44. The molecule has 4 rings (SSSR count). The molecule has 2 aliphatic rings. The third-order valence-corrected chi connectivity index (χ3v) is 5.09. The van der Waals surface area contributed by atoms with Gasteiger partial charge in [-0.25, -0.2) is 4.90 Å². The first-order valence-electron chi connectivity index (χ1n) is 9.50. The molecule has 1 N–H and O–H groups in total. The molecule has 6 nitrogen and oxygen atoms in total. The molecule has 1 fully saturated rings. The molecule has 2 aliphatic heterocycles. The van der Waals surface area contributed by atoms with Crippen molar-refractivity contribution in [2.24, 2.45) is 0 Å². The Kier molecular flexibility index (Phi) is 4.77. The van der Waals surface area contributed by atoms with Crippen LogP contribution >= 0.6 is 0 Å². The number of carbonyl (C=O) groups is 2. The number of imide groups is 1. The molecule has 6 heteroatoms. The molecule has 144 valence electrons. The highest BCUT2D eigenvalue weighted by atomic mass is 16.5. The second-order valence-electron chi connectivity index (χ2n) is 6.84. The maximum atomic E-state index is 12.9. The summed E-state index contributed by atoms with van der Waals surface area (Å²) in [6, 6.07) is 14.1. The van der Waals surface area contributed by atoms with Crippen molar-refractivity contribution in [3.63, 3.8) is 0 Å². The molecule has 2 amide bonds.